The van der Waals surface area contributed by atoms with Gasteiger partial charge in [-0.3, -0.25) is 9.59 Å². The van der Waals surface area contributed by atoms with Gasteiger partial charge in [-0.1, -0.05) is 0 Å². The van der Waals surface area contributed by atoms with Gasteiger partial charge in [0.05, 0.1) is 23.7 Å². The highest BCUT2D eigenvalue weighted by atomic mass is 16.5. The Balaban J connectivity index is 1.84. The second-order valence-electron chi connectivity index (χ2n) is 5.65. The maximum Gasteiger partial charge on any atom is 0.309 e. The molecule has 96 valence electrons. The van der Waals surface area contributed by atoms with Gasteiger partial charge in [-0.05, 0) is 33.1 Å². The zero-order valence-corrected chi connectivity index (χ0v) is 10.2. The van der Waals surface area contributed by atoms with Crippen LogP contribution in [0.15, 0.2) is 0 Å². The molecule has 2 saturated heterocycles. The van der Waals surface area contributed by atoms with E-state index >= 15 is 0 Å². The highest BCUT2D eigenvalue weighted by molar-refractivity contribution is 5.84. The van der Waals surface area contributed by atoms with Crippen molar-refractivity contribution >= 4 is 11.9 Å². The second kappa shape index (κ2) is 4.29. The van der Waals surface area contributed by atoms with Gasteiger partial charge in [0.1, 0.15) is 0 Å². The summed E-state index contributed by atoms with van der Waals surface area (Å²) in [5.41, 5.74) is -1.01. The molecular weight excluding hydrogens is 222 g/mol. The summed E-state index contributed by atoms with van der Waals surface area (Å²) in [6.45, 7) is 3.12. The molecule has 2 aliphatic heterocycles. The molecule has 0 saturated carbocycles. The summed E-state index contributed by atoms with van der Waals surface area (Å²) in [6.07, 6.45) is 3.38. The number of ether oxygens (including phenoxy) is 1. The Morgan fingerprint density at radius 2 is 2.12 bits per heavy atom. The highest BCUT2D eigenvalue weighted by Crippen LogP contribution is 2.34. The fourth-order valence-electron chi connectivity index (χ4n) is 2.52. The van der Waals surface area contributed by atoms with Crippen molar-refractivity contribution in [2.45, 2.75) is 57.8 Å². The lowest BCUT2D eigenvalue weighted by Gasteiger charge is -2.23. The van der Waals surface area contributed by atoms with E-state index in [4.69, 9.17) is 9.84 Å². The molecule has 0 radical (unpaired) electrons. The molecule has 0 aromatic heterocycles. The van der Waals surface area contributed by atoms with Gasteiger partial charge in [0.2, 0.25) is 5.91 Å². The van der Waals surface area contributed by atoms with E-state index in [1.54, 1.807) is 13.8 Å². The molecule has 2 rings (SSSR count). The summed E-state index contributed by atoms with van der Waals surface area (Å²) in [7, 11) is 0. The average Bonchev–Trinajstić information content (AvgIpc) is 2.77. The fourth-order valence-corrected chi connectivity index (χ4v) is 2.52. The van der Waals surface area contributed by atoms with Crippen molar-refractivity contribution in [1.82, 2.24) is 5.32 Å². The molecule has 5 heteroatoms. The molecule has 1 amide bonds. The van der Waals surface area contributed by atoms with Crippen LogP contribution >= 0.6 is 0 Å². The Kier molecular flexibility index (Phi) is 3.12. The maximum atomic E-state index is 11.8. The quantitative estimate of drug-likeness (QED) is 0.767. The van der Waals surface area contributed by atoms with Gasteiger partial charge >= 0.3 is 5.97 Å². The predicted molar refractivity (Wildman–Crippen MR) is 60.5 cm³/mol. The van der Waals surface area contributed by atoms with E-state index < -0.39 is 11.4 Å². The molecule has 3 unspecified atom stereocenters. The summed E-state index contributed by atoms with van der Waals surface area (Å²) in [5.74, 6) is -1.14. The van der Waals surface area contributed by atoms with Crippen LogP contribution in [0.4, 0.5) is 0 Å². The van der Waals surface area contributed by atoms with Crippen LogP contribution in [0.5, 0.6) is 0 Å². The Bertz CT molecular complexity index is 339. The van der Waals surface area contributed by atoms with Crippen LogP contribution in [0.25, 0.3) is 0 Å². The molecule has 2 aliphatic rings. The molecule has 2 bridgehead atoms. The van der Waals surface area contributed by atoms with E-state index in [1.807, 2.05) is 0 Å². The minimum absolute atomic E-state index is 0.0101. The molecule has 5 nitrogen and oxygen atoms in total. The zero-order valence-electron chi connectivity index (χ0n) is 10.2. The number of carboxylic acid groups (broad SMARTS) is 1. The average molecular weight is 241 g/mol. The number of hydrogen-bond acceptors (Lipinski definition) is 3. The maximum absolute atomic E-state index is 11.8. The summed E-state index contributed by atoms with van der Waals surface area (Å²) in [6, 6.07) is 0.0749. The largest absolute Gasteiger partial charge is 0.481 e. The first-order chi connectivity index (χ1) is 7.88. The van der Waals surface area contributed by atoms with Crippen LogP contribution in [0, 0.1) is 5.41 Å². The van der Waals surface area contributed by atoms with Gasteiger partial charge in [-0.2, -0.15) is 0 Å². The van der Waals surface area contributed by atoms with Crippen LogP contribution < -0.4 is 5.32 Å². The standard InChI is InChI=1S/C12H19NO4/c1-12(2,11(15)16)6-10(14)13-8-5-7-3-4-9(8)17-7/h7-9H,3-6H2,1-2H3,(H,13,14)(H,15,16). The van der Waals surface area contributed by atoms with Crippen molar-refractivity contribution in [3.8, 4) is 0 Å². The van der Waals surface area contributed by atoms with Gasteiger partial charge < -0.3 is 15.2 Å². The first-order valence-electron chi connectivity index (χ1n) is 6.07. The van der Waals surface area contributed by atoms with Crippen molar-refractivity contribution in [1.29, 1.82) is 0 Å². The van der Waals surface area contributed by atoms with Gasteiger partial charge in [0, 0.05) is 6.42 Å². The molecular formula is C12H19NO4. The van der Waals surface area contributed by atoms with Crippen molar-refractivity contribution in [2.24, 2.45) is 5.41 Å². The van der Waals surface area contributed by atoms with E-state index in [9.17, 15) is 9.59 Å². The van der Waals surface area contributed by atoms with Gasteiger partial charge in [-0.15, -0.1) is 0 Å². The van der Waals surface area contributed by atoms with E-state index in [-0.39, 0.29) is 30.6 Å². The second-order valence-corrected chi connectivity index (χ2v) is 5.65. The lowest BCUT2D eigenvalue weighted by molar-refractivity contribution is -0.149. The number of hydrogen-bond donors (Lipinski definition) is 2. The number of fused-ring (bicyclic) bond motifs is 2. The van der Waals surface area contributed by atoms with Crippen LogP contribution in [-0.2, 0) is 14.3 Å². The van der Waals surface area contributed by atoms with Crippen LogP contribution in [-0.4, -0.2) is 35.2 Å². The number of aliphatic carboxylic acids is 1. The first-order valence-corrected chi connectivity index (χ1v) is 6.07. The number of amides is 1. The van der Waals surface area contributed by atoms with E-state index in [0.717, 1.165) is 19.3 Å². The topological polar surface area (TPSA) is 75.6 Å². The molecule has 0 spiro atoms. The summed E-state index contributed by atoms with van der Waals surface area (Å²) in [4.78, 5) is 22.7. The Morgan fingerprint density at radius 3 is 2.59 bits per heavy atom. The molecule has 0 aromatic rings. The van der Waals surface area contributed by atoms with E-state index in [1.165, 1.54) is 0 Å². The van der Waals surface area contributed by atoms with Crippen molar-refractivity contribution < 1.29 is 19.4 Å². The Labute approximate surface area is 101 Å². The third kappa shape index (κ3) is 2.60. The SMILES string of the molecule is CC(C)(CC(=O)NC1CC2CCC1O2)C(=O)O. The number of nitrogens with one attached hydrogen (secondary N) is 1. The molecule has 0 aromatic carbocycles. The first kappa shape index (κ1) is 12.4. The Hall–Kier alpha value is -1.10. The smallest absolute Gasteiger partial charge is 0.309 e. The minimum Gasteiger partial charge on any atom is -0.481 e. The van der Waals surface area contributed by atoms with Crippen LogP contribution in [0.2, 0.25) is 0 Å². The van der Waals surface area contributed by atoms with Crippen LogP contribution in [0.3, 0.4) is 0 Å². The summed E-state index contributed by atoms with van der Waals surface area (Å²) >= 11 is 0. The summed E-state index contributed by atoms with van der Waals surface area (Å²) in [5, 5.41) is 11.8. The normalized spacial score (nSPS) is 31.5. The van der Waals surface area contributed by atoms with E-state index in [2.05, 4.69) is 5.32 Å². The fraction of sp³-hybridized carbons (Fsp3) is 0.833. The Morgan fingerprint density at radius 1 is 1.41 bits per heavy atom. The van der Waals surface area contributed by atoms with Gasteiger partial charge in [-0.25, -0.2) is 0 Å². The number of carbonyl (C=O) groups excluding carboxylic acids is 1. The van der Waals surface area contributed by atoms with Crippen molar-refractivity contribution in [3.63, 3.8) is 0 Å². The monoisotopic (exact) mass is 241 g/mol. The van der Waals surface area contributed by atoms with E-state index in [0.29, 0.717) is 0 Å². The van der Waals surface area contributed by atoms with Crippen molar-refractivity contribution in [2.75, 3.05) is 0 Å². The highest BCUT2D eigenvalue weighted by Gasteiger charge is 2.42. The molecule has 17 heavy (non-hydrogen) atoms. The number of rotatable bonds is 4. The number of carbonyl (C=O) groups is 2. The number of carboxylic acids is 1. The summed E-state index contributed by atoms with van der Waals surface area (Å²) < 4.78 is 5.63. The third-order valence-electron chi connectivity index (χ3n) is 3.63. The van der Waals surface area contributed by atoms with Crippen molar-refractivity contribution in [3.05, 3.63) is 0 Å². The van der Waals surface area contributed by atoms with Gasteiger partial charge in [0.25, 0.3) is 0 Å². The van der Waals surface area contributed by atoms with Gasteiger partial charge in [0.15, 0.2) is 0 Å². The lowest BCUT2D eigenvalue weighted by Crippen LogP contribution is -2.43. The molecule has 2 heterocycles. The molecule has 0 aliphatic carbocycles. The minimum atomic E-state index is -1.01. The zero-order chi connectivity index (χ0) is 12.6. The lowest BCUT2D eigenvalue weighted by atomic mass is 9.88. The van der Waals surface area contributed by atoms with Crippen LogP contribution in [0.1, 0.15) is 39.5 Å². The molecule has 3 atom stereocenters. The third-order valence-corrected chi connectivity index (χ3v) is 3.63. The predicted octanol–water partition coefficient (Wildman–Crippen LogP) is 0.923. The molecule has 2 fully saturated rings. The molecule has 2 N–H and O–H groups in total.